The Labute approximate surface area is 131 Å². The summed E-state index contributed by atoms with van der Waals surface area (Å²) in [6, 6.07) is 4.69. The lowest BCUT2D eigenvalue weighted by atomic mass is 9.92. The van der Waals surface area contributed by atoms with Gasteiger partial charge in [0.1, 0.15) is 0 Å². The van der Waals surface area contributed by atoms with Crippen molar-refractivity contribution in [1.82, 2.24) is 4.90 Å². The quantitative estimate of drug-likeness (QED) is 0.886. The molecule has 1 aliphatic heterocycles. The first kappa shape index (κ1) is 16.5. The highest BCUT2D eigenvalue weighted by molar-refractivity contribution is 7.89. The Bertz CT molecular complexity index is 606. The number of nitrogens with one attached hydrogen (secondary N) is 1. The highest BCUT2D eigenvalue weighted by Crippen LogP contribution is 2.28. The minimum absolute atomic E-state index is 0.0716. The van der Waals surface area contributed by atoms with Crippen LogP contribution in [0.2, 0.25) is 5.02 Å². The fourth-order valence-corrected chi connectivity index (χ4v) is 3.48. The third-order valence-electron chi connectivity index (χ3n) is 4.02. The van der Waals surface area contributed by atoms with E-state index in [0.29, 0.717) is 16.6 Å². The Morgan fingerprint density at radius 3 is 2.81 bits per heavy atom. The van der Waals surface area contributed by atoms with Gasteiger partial charge in [-0.15, -0.1) is 0 Å². The van der Waals surface area contributed by atoms with E-state index in [2.05, 4.69) is 24.2 Å². The third kappa shape index (κ3) is 4.32. The Morgan fingerprint density at radius 2 is 2.19 bits per heavy atom. The SMILES string of the molecule is CC(Nc1cc(S(N)(=O)=O)ccc1Cl)C1CCCN(C)C1. The molecule has 0 aromatic heterocycles. The number of piperidine rings is 1. The van der Waals surface area contributed by atoms with Crippen molar-refractivity contribution >= 4 is 27.3 Å². The van der Waals surface area contributed by atoms with Crippen LogP contribution in [0.4, 0.5) is 5.69 Å². The van der Waals surface area contributed by atoms with E-state index in [1.807, 2.05) is 0 Å². The van der Waals surface area contributed by atoms with Crippen molar-refractivity contribution < 1.29 is 8.42 Å². The Hall–Kier alpha value is -0.820. The fourth-order valence-electron chi connectivity index (χ4n) is 2.77. The predicted octanol–water partition coefficient (Wildman–Crippen LogP) is 2.13. The highest BCUT2D eigenvalue weighted by Gasteiger charge is 2.23. The molecule has 2 atom stereocenters. The molecule has 0 bridgehead atoms. The Kier molecular flexibility index (Phi) is 5.14. The number of sulfonamides is 1. The molecule has 0 amide bonds. The third-order valence-corrected chi connectivity index (χ3v) is 5.26. The second-order valence-electron chi connectivity index (χ2n) is 5.78. The number of nitrogens with zero attached hydrogens (tertiary/aromatic N) is 1. The van der Waals surface area contributed by atoms with Gasteiger partial charge in [-0.25, -0.2) is 13.6 Å². The smallest absolute Gasteiger partial charge is 0.238 e. The first-order valence-electron chi connectivity index (χ1n) is 7.05. The predicted molar refractivity (Wildman–Crippen MR) is 86.1 cm³/mol. The zero-order valence-electron chi connectivity index (χ0n) is 12.3. The fraction of sp³-hybridized carbons (Fsp3) is 0.571. The van der Waals surface area contributed by atoms with Gasteiger partial charge in [-0.2, -0.15) is 0 Å². The summed E-state index contributed by atoms with van der Waals surface area (Å²) in [5.41, 5.74) is 0.615. The standard InChI is InChI=1S/C14H22ClN3O2S/c1-10(11-4-3-7-18(2)9-11)17-14-8-12(21(16,19)20)5-6-13(14)15/h5-6,8,10-11,17H,3-4,7,9H2,1-2H3,(H2,16,19,20). The van der Waals surface area contributed by atoms with E-state index in [1.165, 1.54) is 18.6 Å². The van der Waals surface area contributed by atoms with Crippen LogP contribution < -0.4 is 10.5 Å². The molecule has 1 aromatic rings. The summed E-state index contributed by atoms with van der Waals surface area (Å²) < 4.78 is 22.9. The molecule has 7 heteroatoms. The van der Waals surface area contributed by atoms with Gasteiger partial charge in [0.15, 0.2) is 0 Å². The summed E-state index contributed by atoms with van der Waals surface area (Å²) in [7, 11) is -1.60. The summed E-state index contributed by atoms with van der Waals surface area (Å²) >= 11 is 6.15. The van der Waals surface area contributed by atoms with Crippen LogP contribution in [0.15, 0.2) is 23.1 Å². The molecule has 0 spiro atoms. The first-order chi connectivity index (χ1) is 9.77. The number of halogens is 1. The van der Waals surface area contributed by atoms with Crippen LogP contribution in [0, 0.1) is 5.92 Å². The van der Waals surface area contributed by atoms with E-state index < -0.39 is 10.0 Å². The largest absolute Gasteiger partial charge is 0.381 e. The van der Waals surface area contributed by atoms with Crippen molar-refractivity contribution in [1.29, 1.82) is 0 Å². The lowest BCUT2D eigenvalue weighted by molar-refractivity contribution is 0.197. The highest BCUT2D eigenvalue weighted by atomic mass is 35.5. The number of nitrogens with two attached hydrogens (primary N) is 1. The van der Waals surface area contributed by atoms with Crippen LogP contribution >= 0.6 is 11.6 Å². The number of likely N-dealkylation sites (tertiary alicyclic amines) is 1. The van der Waals surface area contributed by atoms with E-state index in [1.54, 1.807) is 6.07 Å². The summed E-state index contributed by atoms with van der Waals surface area (Å²) in [6.07, 6.45) is 2.34. The lowest BCUT2D eigenvalue weighted by Gasteiger charge is -2.34. The molecule has 0 aliphatic carbocycles. The van der Waals surface area contributed by atoms with Crippen LogP contribution in [0.25, 0.3) is 0 Å². The monoisotopic (exact) mass is 331 g/mol. The summed E-state index contributed by atoms with van der Waals surface area (Å²) in [4.78, 5) is 2.39. The number of benzene rings is 1. The topological polar surface area (TPSA) is 75.4 Å². The van der Waals surface area contributed by atoms with E-state index >= 15 is 0 Å². The maximum atomic E-state index is 11.4. The number of anilines is 1. The number of hydrogen-bond donors (Lipinski definition) is 2. The molecule has 1 heterocycles. The minimum Gasteiger partial charge on any atom is -0.381 e. The van der Waals surface area contributed by atoms with E-state index in [9.17, 15) is 8.42 Å². The zero-order chi connectivity index (χ0) is 15.6. The Morgan fingerprint density at radius 1 is 1.48 bits per heavy atom. The van der Waals surface area contributed by atoms with Gasteiger partial charge in [-0.1, -0.05) is 11.6 Å². The van der Waals surface area contributed by atoms with Crippen LogP contribution in [0.1, 0.15) is 19.8 Å². The Balaban J connectivity index is 2.15. The number of primary sulfonamides is 1. The van der Waals surface area contributed by atoms with Gasteiger partial charge in [-0.05, 0) is 57.5 Å². The molecular formula is C14H22ClN3O2S. The van der Waals surface area contributed by atoms with E-state index in [-0.39, 0.29) is 10.9 Å². The summed E-state index contributed by atoms with van der Waals surface area (Å²) in [5, 5.41) is 9.00. The second kappa shape index (κ2) is 6.52. The van der Waals surface area contributed by atoms with E-state index in [0.717, 1.165) is 19.5 Å². The van der Waals surface area contributed by atoms with Gasteiger partial charge in [-0.3, -0.25) is 0 Å². The van der Waals surface area contributed by atoms with Gasteiger partial charge in [0.05, 0.1) is 15.6 Å². The molecule has 1 aromatic carbocycles. The minimum atomic E-state index is -3.72. The number of hydrogen-bond acceptors (Lipinski definition) is 4. The average Bonchev–Trinajstić information content (AvgIpc) is 2.40. The maximum Gasteiger partial charge on any atom is 0.238 e. The van der Waals surface area contributed by atoms with Crippen LogP contribution in [0.5, 0.6) is 0 Å². The molecule has 0 saturated carbocycles. The van der Waals surface area contributed by atoms with Crippen LogP contribution in [-0.2, 0) is 10.0 Å². The zero-order valence-corrected chi connectivity index (χ0v) is 13.9. The van der Waals surface area contributed by atoms with Crippen molar-refractivity contribution in [3.63, 3.8) is 0 Å². The van der Waals surface area contributed by atoms with Crippen molar-refractivity contribution in [2.75, 3.05) is 25.5 Å². The van der Waals surface area contributed by atoms with Crippen molar-refractivity contribution in [2.24, 2.45) is 11.1 Å². The van der Waals surface area contributed by atoms with E-state index in [4.69, 9.17) is 16.7 Å². The summed E-state index contributed by atoms with van der Waals surface area (Å²) in [6.45, 7) is 4.26. The number of rotatable bonds is 4. The normalized spacial score (nSPS) is 22.0. The molecule has 21 heavy (non-hydrogen) atoms. The molecule has 3 N–H and O–H groups in total. The maximum absolute atomic E-state index is 11.4. The van der Waals surface area contributed by atoms with Gasteiger partial charge < -0.3 is 10.2 Å². The molecule has 2 unspecified atom stereocenters. The van der Waals surface area contributed by atoms with Gasteiger partial charge in [0.25, 0.3) is 0 Å². The molecule has 1 saturated heterocycles. The van der Waals surface area contributed by atoms with Gasteiger partial charge in [0.2, 0.25) is 10.0 Å². The summed E-state index contributed by atoms with van der Waals surface area (Å²) in [5.74, 6) is 0.512. The molecule has 2 rings (SSSR count). The molecule has 1 fully saturated rings. The average molecular weight is 332 g/mol. The first-order valence-corrected chi connectivity index (χ1v) is 8.97. The lowest BCUT2D eigenvalue weighted by Crippen LogP contribution is -2.39. The van der Waals surface area contributed by atoms with Crippen molar-refractivity contribution in [3.8, 4) is 0 Å². The van der Waals surface area contributed by atoms with Crippen LogP contribution in [-0.4, -0.2) is 39.5 Å². The second-order valence-corrected chi connectivity index (χ2v) is 7.75. The van der Waals surface area contributed by atoms with Crippen molar-refractivity contribution in [3.05, 3.63) is 23.2 Å². The molecule has 0 radical (unpaired) electrons. The molecule has 118 valence electrons. The molecular weight excluding hydrogens is 310 g/mol. The van der Waals surface area contributed by atoms with Crippen molar-refractivity contribution in [2.45, 2.75) is 30.7 Å². The van der Waals surface area contributed by atoms with Gasteiger partial charge in [0, 0.05) is 12.6 Å². The molecule has 1 aliphatic rings. The molecule has 5 nitrogen and oxygen atoms in total. The van der Waals surface area contributed by atoms with Gasteiger partial charge >= 0.3 is 0 Å². The van der Waals surface area contributed by atoms with Crippen LogP contribution in [0.3, 0.4) is 0 Å².